The quantitative estimate of drug-likeness (QED) is 0.793. The summed E-state index contributed by atoms with van der Waals surface area (Å²) in [7, 11) is 0. The predicted octanol–water partition coefficient (Wildman–Crippen LogP) is 0.814. The first-order chi connectivity index (χ1) is 7.75. The van der Waals surface area contributed by atoms with Crippen molar-refractivity contribution in [3.05, 3.63) is 11.7 Å². The van der Waals surface area contributed by atoms with Crippen molar-refractivity contribution >= 4 is 0 Å². The van der Waals surface area contributed by atoms with Crippen molar-refractivity contribution in [2.75, 3.05) is 6.54 Å². The third-order valence-corrected chi connectivity index (χ3v) is 3.04. The standard InChI is InChI=1S/C11H19N3O2/c1-8-13-11(16-14-8)6-7-12-9-4-2-3-5-10(9)15/h9-10,12,15H,2-7H2,1H3/t9-,10-/m0/s1. The topological polar surface area (TPSA) is 71.2 Å². The van der Waals surface area contributed by atoms with Gasteiger partial charge >= 0.3 is 0 Å². The van der Waals surface area contributed by atoms with Crippen LogP contribution in [0.2, 0.25) is 0 Å². The molecule has 0 bridgehead atoms. The highest BCUT2D eigenvalue weighted by Crippen LogP contribution is 2.18. The Kier molecular flexibility index (Phi) is 3.90. The van der Waals surface area contributed by atoms with Gasteiger partial charge in [0.25, 0.3) is 0 Å². The van der Waals surface area contributed by atoms with Crippen LogP contribution in [0.25, 0.3) is 0 Å². The van der Waals surface area contributed by atoms with Crippen molar-refractivity contribution in [1.29, 1.82) is 0 Å². The first kappa shape index (κ1) is 11.5. The summed E-state index contributed by atoms with van der Waals surface area (Å²) in [5.41, 5.74) is 0. The normalized spacial score (nSPS) is 25.9. The fraction of sp³-hybridized carbons (Fsp3) is 0.818. The van der Waals surface area contributed by atoms with Crippen LogP contribution in [0.1, 0.15) is 37.4 Å². The molecule has 0 unspecified atom stereocenters. The maximum atomic E-state index is 9.76. The van der Waals surface area contributed by atoms with E-state index >= 15 is 0 Å². The lowest BCUT2D eigenvalue weighted by Crippen LogP contribution is -2.42. The number of aliphatic hydroxyl groups excluding tert-OH is 1. The van der Waals surface area contributed by atoms with Gasteiger partial charge in [-0.25, -0.2) is 0 Å². The molecule has 1 aliphatic carbocycles. The zero-order valence-electron chi connectivity index (χ0n) is 9.65. The fourth-order valence-corrected chi connectivity index (χ4v) is 2.16. The van der Waals surface area contributed by atoms with Crippen LogP contribution < -0.4 is 5.32 Å². The van der Waals surface area contributed by atoms with E-state index in [1.54, 1.807) is 0 Å². The minimum Gasteiger partial charge on any atom is -0.392 e. The number of aryl methyl sites for hydroxylation is 1. The maximum Gasteiger partial charge on any atom is 0.227 e. The summed E-state index contributed by atoms with van der Waals surface area (Å²) in [6, 6.07) is 0.234. The molecule has 1 aromatic heterocycles. The minimum atomic E-state index is -0.196. The third kappa shape index (κ3) is 3.02. The van der Waals surface area contributed by atoms with Crippen molar-refractivity contribution in [3.8, 4) is 0 Å². The molecule has 16 heavy (non-hydrogen) atoms. The van der Waals surface area contributed by atoms with Crippen LogP contribution in [-0.2, 0) is 6.42 Å². The van der Waals surface area contributed by atoms with Gasteiger partial charge in [0.1, 0.15) is 0 Å². The molecule has 2 rings (SSSR count). The number of hydrogen-bond acceptors (Lipinski definition) is 5. The molecule has 2 N–H and O–H groups in total. The van der Waals surface area contributed by atoms with Crippen LogP contribution in [0.4, 0.5) is 0 Å². The van der Waals surface area contributed by atoms with Crippen LogP contribution in [-0.4, -0.2) is 33.9 Å². The molecule has 0 spiro atoms. The second kappa shape index (κ2) is 5.41. The Morgan fingerprint density at radius 1 is 1.44 bits per heavy atom. The van der Waals surface area contributed by atoms with Crippen molar-refractivity contribution in [3.63, 3.8) is 0 Å². The number of rotatable bonds is 4. The molecule has 0 radical (unpaired) electrons. The van der Waals surface area contributed by atoms with Gasteiger partial charge in [0.15, 0.2) is 5.82 Å². The summed E-state index contributed by atoms with van der Waals surface area (Å²) in [6.45, 7) is 2.59. The molecule has 0 aliphatic heterocycles. The van der Waals surface area contributed by atoms with E-state index in [9.17, 15) is 5.11 Å². The Morgan fingerprint density at radius 3 is 2.94 bits per heavy atom. The molecule has 0 aromatic carbocycles. The number of aromatic nitrogens is 2. The second-order valence-corrected chi connectivity index (χ2v) is 4.40. The summed E-state index contributed by atoms with van der Waals surface area (Å²) >= 11 is 0. The smallest absolute Gasteiger partial charge is 0.227 e. The van der Waals surface area contributed by atoms with Crippen LogP contribution in [0.5, 0.6) is 0 Å². The molecule has 1 fully saturated rings. The highest BCUT2D eigenvalue weighted by Gasteiger charge is 2.22. The van der Waals surface area contributed by atoms with Gasteiger partial charge in [0, 0.05) is 19.0 Å². The van der Waals surface area contributed by atoms with Gasteiger partial charge in [-0.15, -0.1) is 0 Å². The number of nitrogens with one attached hydrogen (secondary N) is 1. The highest BCUT2D eigenvalue weighted by molar-refractivity contribution is 4.85. The van der Waals surface area contributed by atoms with Gasteiger partial charge in [-0.05, 0) is 19.8 Å². The number of aliphatic hydroxyl groups is 1. The molecule has 1 aliphatic rings. The van der Waals surface area contributed by atoms with E-state index in [4.69, 9.17) is 4.52 Å². The number of hydrogen-bond donors (Lipinski definition) is 2. The Balaban J connectivity index is 1.71. The summed E-state index contributed by atoms with van der Waals surface area (Å²) in [5, 5.41) is 16.8. The lowest BCUT2D eigenvalue weighted by atomic mass is 9.92. The van der Waals surface area contributed by atoms with E-state index in [1.165, 1.54) is 6.42 Å². The monoisotopic (exact) mass is 225 g/mol. The SMILES string of the molecule is Cc1noc(CCN[C@H]2CCCC[C@@H]2O)n1. The summed E-state index contributed by atoms with van der Waals surface area (Å²) in [4.78, 5) is 4.13. The van der Waals surface area contributed by atoms with E-state index in [1.807, 2.05) is 6.92 Å². The van der Waals surface area contributed by atoms with Gasteiger partial charge in [-0.1, -0.05) is 18.0 Å². The average molecular weight is 225 g/mol. The second-order valence-electron chi connectivity index (χ2n) is 4.40. The van der Waals surface area contributed by atoms with E-state index < -0.39 is 0 Å². The van der Waals surface area contributed by atoms with Crippen molar-refractivity contribution in [2.45, 2.75) is 51.2 Å². The van der Waals surface area contributed by atoms with Crippen molar-refractivity contribution < 1.29 is 9.63 Å². The molecular weight excluding hydrogens is 206 g/mol. The molecule has 1 saturated carbocycles. The molecule has 0 amide bonds. The Bertz CT molecular complexity index is 327. The average Bonchev–Trinajstić information content (AvgIpc) is 2.67. The molecule has 1 heterocycles. The third-order valence-electron chi connectivity index (χ3n) is 3.04. The van der Waals surface area contributed by atoms with Crippen LogP contribution in [0.15, 0.2) is 4.52 Å². The first-order valence-corrected chi connectivity index (χ1v) is 5.96. The largest absolute Gasteiger partial charge is 0.392 e. The molecule has 90 valence electrons. The van der Waals surface area contributed by atoms with Crippen molar-refractivity contribution in [1.82, 2.24) is 15.5 Å². The van der Waals surface area contributed by atoms with Gasteiger partial charge in [-0.3, -0.25) is 0 Å². The highest BCUT2D eigenvalue weighted by atomic mass is 16.5. The van der Waals surface area contributed by atoms with E-state index in [2.05, 4.69) is 15.5 Å². The van der Waals surface area contributed by atoms with Crippen LogP contribution in [0.3, 0.4) is 0 Å². The van der Waals surface area contributed by atoms with Crippen LogP contribution >= 0.6 is 0 Å². The van der Waals surface area contributed by atoms with Crippen molar-refractivity contribution in [2.24, 2.45) is 0 Å². The Hall–Kier alpha value is -0.940. The van der Waals surface area contributed by atoms with Gasteiger partial charge in [-0.2, -0.15) is 4.98 Å². The number of nitrogens with zero attached hydrogens (tertiary/aromatic N) is 2. The van der Waals surface area contributed by atoms with Crippen LogP contribution in [0, 0.1) is 6.92 Å². The van der Waals surface area contributed by atoms with E-state index in [0.717, 1.165) is 32.2 Å². The summed E-state index contributed by atoms with van der Waals surface area (Å²) in [6.07, 6.45) is 4.85. The Labute approximate surface area is 95.2 Å². The lowest BCUT2D eigenvalue weighted by molar-refractivity contribution is 0.0910. The molecule has 1 aromatic rings. The molecule has 0 saturated heterocycles. The molecular formula is C11H19N3O2. The minimum absolute atomic E-state index is 0.196. The van der Waals surface area contributed by atoms with Gasteiger partial charge in [0.05, 0.1) is 6.10 Å². The van der Waals surface area contributed by atoms with Gasteiger partial charge < -0.3 is 14.9 Å². The Morgan fingerprint density at radius 2 is 2.25 bits per heavy atom. The first-order valence-electron chi connectivity index (χ1n) is 5.96. The lowest BCUT2D eigenvalue weighted by Gasteiger charge is -2.28. The summed E-state index contributed by atoms with van der Waals surface area (Å²) in [5.74, 6) is 1.34. The molecule has 5 nitrogen and oxygen atoms in total. The molecule has 5 heteroatoms. The maximum absolute atomic E-state index is 9.76. The predicted molar refractivity (Wildman–Crippen MR) is 59.0 cm³/mol. The zero-order chi connectivity index (χ0) is 11.4. The zero-order valence-corrected chi connectivity index (χ0v) is 9.65. The summed E-state index contributed by atoms with van der Waals surface area (Å²) < 4.78 is 5.02. The molecule has 2 atom stereocenters. The van der Waals surface area contributed by atoms with Gasteiger partial charge in [0.2, 0.25) is 5.89 Å². The van der Waals surface area contributed by atoms with E-state index in [-0.39, 0.29) is 12.1 Å². The van der Waals surface area contributed by atoms with E-state index in [0.29, 0.717) is 11.7 Å². The fourth-order valence-electron chi connectivity index (χ4n) is 2.16.